The van der Waals surface area contributed by atoms with Crippen LogP contribution in [0.4, 0.5) is 0 Å². The summed E-state index contributed by atoms with van der Waals surface area (Å²) in [7, 11) is 0. The van der Waals surface area contributed by atoms with E-state index in [1.165, 1.54) is 25.7 Å². The molecule has 0 heterocycles. The molecule has 0 fully saturated rings. The Balaban J connectivity index is -0.0000000720. The lowest BCUT2D eigenvalue weighted by Crippen LogP contribution is -2.25. The summed E-state index contributed by atoms with van der Waals surface area (Å²) in [6.07, 6.45) is 5.13. The lowest BCUT2D eigenvalue weighted by molar-refractivity contribution is 0.165. The minimum atomic E-state index is 0.500. The second kappa shape index (κ2) is 41.2. The summed E-state index contributed by atoms with van der Waals surface area (Å²) in [6.45, 7) is 108. The molecule has 70 heavy (non-hydrogen) atoms. The summed E-state index contributed by atoms with van der Waals surface area (Å²) in [5.41, 5.74) is 5.17. The topological polar surface area (TPSA) is 0 Å². The van der Waals surface area contributed by atoms with E-state index in [9.17, 15) is 0 Å². The predicted molar refractivity (Wildman–Crippen MR) is 343 cm³/mol. The first-order valence-corrected chi connectivity index (χ1v) is 29.8. The maximum absolute atomic E-state index is 2.34. The Labute approximate surface area is 457 Å². The van der Waals surface area contributed by atoms with Crippen LogP contribution in [0.25, 0.3) is 0 Å². The first-order valence-electron chi connectivity index (χ1n) is 29.8. The average Bonchev–Trinajstić information content (AvgIpc) is 3.09. The van der Waals surface area contributed by atoms with Crippen LogP contribution in [0, 0.1) is 101 Å². The molecule has 0 aromatic rings. The van der Waals surface area contributed by atoms with Gasteiger partial charge in [-0.25, -0.2) is 0 Å². The molecule has 0 nitrogen and oxygen atoms in total. The van der Waals surface area contributed by atoms with Crippen LogP contribution < -0.4 is 0 Å². The SMILES string of the molecule is CC(C)(C)C.CC(C)(C)C.CC(C)(C)C.CC(C)(C)C.CC(C)C(C)(C)C(C)C.CC(C)C(C)(C)C(C)C.CCC(C)(C)C(C)C.CCC(C)(C)C(C)C.CCC(C)(C)C(C)C.CCC(C)(C)C(C)C. The summed E-state index contributed by atoms with van der Waals surface area (Å²) >= 11 is 0. The highest BCUT2D eigenvalue weighted by molar-refractivity contribution is 4.76. The third-order valence-corrected chi connectivity index (χ3v) is 15.8. The zero-order valence-electron chi connectivity index (χ0n) is 60.4. The van der Waals surface area contributed by atoms with Gasteiger partial charge in [0.25, 0.3) is 0 Å². The summed E-state index contributed by atoms with van der Waals surface area (Å²) in [5, 5.41) is 0. The van der Waals surface area contributed by atoms with E-state index in [1.807, 2.05) is 0 Å². The summed E-state index contributed by atoms with van der Waals surface area (Å²) in [5.74, 6) is 6.41. The molecule has 0 rings (SSSR count). The predicted octanol–water partition coefficient (Wildman–Crippen LogP) is 27.2. The molecule has 0 bridgehead atoms. The van der Waals surface area contributed by atoms with E-state index < -0.39 is 0 Å². The van der Waals surface area contributed by atoms with Crippen LogP contribution >= 0.6 is 0 Å². The van der Waals surface area contributed by atoms with Crippen LogP contribution in [-0.4, -0.2) is 0 Å². The van der Waals surface area contributed by atoms with Crippen LogP contribution in [0.3, 0.4) is 0 Å². The smallest absolute Gasteiger partial charge is 0.0308 e. The molecule has 0 aliphatic carbocycles. The van der Waals surface area contributed by atoms with Gasteiger partial charge in [0.05, 0.1) is 0 Å². The second-order valence-electron chi connectivity index (χ2n) is 34.2. The van der Waals surface area contributed by atoms with E-state index >= 15 is 0 Å². The molecule has 0 amide bonds. The van der Waals surface area contributed by atoms with Gasteiger partial charge >= 0.3 is 0 Å². The number of rotatable bonds is 12. The summed E-state index contributed by atoms with van der Waals surface area (Å²) < 4.78 is 0. The molecule has 0 aliphatic heterocycles. The van der Waals surface area contributed by atoms with Crippen LogP contribution in [0.1, 0.15) is 358 Å². The molecule has 0 spiro atoms. The molecular weight excluding hydrogens is 841 g/mol. The minimum Gasteiger partial charge on any atom is -0.0649 e. The highest BCUT2D eigenvalue weighted by Crippen LogP contribution is 2.35. The van der Waals surface area contributed by atoms with E-state index in [0.29, 0.717) is 54.1 Å². The minimum absolute atomic E-state index is 0.500. The van der Waals surface area contributed by atoms with Crippen LogP contribution in [0.15, 0.2) is 0 Å². The van der Waals surface area contributed by atoms with Crippen LogP contribution in [0.2, 0.25) is 0 Å². The van der Waals surface area contributed by atoms with E-state index in [4.69, 9.17) is 0 Å². The first kappa shape index (κ1) is 92.6. The van der Waals surface area contributed by atoms with Crippen molar-refractivity contribution in [2.24, 2.45) is 101 Å². The quantitative estimate of drug-likeness (QED) is 0.183. The second-order valence-corrected chi connectivity index (χ2v) is 34.2. The third-order valence-electron chi connectivity index (χ3n) is 15.8. The van der Waals surface area contributed by atoms with Gasteiger partial charge in [0, 0.05) is 0 Å². The zero-order chi connectivity index (χ0) is 60.4. The maximum atomic E-state index is 2.34. The van der Waals surface area contributed by atoms with Gasteiger partial charge in [0.1, 0.15) is 0 Å². The number of hydrogen-bond donors (Lipinski definition) is 0. The fourth-order valence-corrected chi connectivity index (χ4v) is 2.97. The van der Waals surface area contributed by atoms with Crippen molar-refractivity contribution in [3.8, 4) is 0 Å². The Morgan fingerprint density at radius 2 is 0.243 bits per heavy atom. The Bertz CT molecular complexity index is 863. The van der Waals surface area contributed by atoms with E-state index in [2.05, 4.69) is 332 Å². The van der Waals surface area contributed by atoms with Crippen molar-refractivity contribution >= 4 is 0 Å². The molecule has 0 unspecified atom stereocenters. The van der Waals surface area contributed by atoms with Gasteiger partial charge in [0.2, 0.25) is 0 Å². The average molecular weight is 1000 g/mol. The third kappa shape index (κ3) is 84.8. The fraction of sp³-hybridized carbons (Fsp3) is 1.00. The van der Waals surface area contributed by atoms with Crippen molar-refractivity contribution in [2.45, 2.75) is 358 Å². The molecule has 440 valence electrons. The van der Waals surface area contributed by atoms with Crippen LogP contribution in [-0.2, 0) is 0 Å². The van der Waals surface area contributed by atoms with Crippen molar-refractivity contribution in [3.63, 3.8) is 0 Å². The molecule has 0 radical (unpaired) electrons. The van der Waals surface area contributed by atoms with Crippen molar-refractivity contribution in [3.05, 3.63) is 0 Å². The lowest BCUT2D eigenvalue weighted by Gasteiger charge is -2.33. The van der Waals surface area contributed by atoms with Gasteiger partial charge in [-0.15, -0.1) is 0 Å². The highest BCUT2D eigenvalue weighted by atomic mass is 14.3. The van der Waals surface area contributed by atoms with Gasteiger partial charge in [-0.3, -0.25) is 0 Å². The maximum Gasteiger partial charge on any atom is -0.0308 e. The van der Waals surface area contributed by atoms with Gasteiger partial charge in [-0.05, 0) is 101 Å². The molecule has 0 aromatic carbocycles. The van der Waals surface area contributed by atoms with E-state index in [0.717, 1.165) is 47.3 Å². The normalized spacial score (nSPS) is 12.7. The Hall–Kier alpha value is 0. The Morgan fingerprint density at radius 1 is 0.171 bits per heavy atom. The van der Waals surface area contributed by atoms with Gasteiger partial charge in [-0.2, -0.15) is 0 Å². The molecule has 0 aromatic heterocycles. The van der Waals surface area contributed by atoms with Crippen molar-refractivity contribution in [1.29, 1.82) is 0 Å². The molecule has 0 atom stereocenters. The fourth-order valence-electron chi connectivity index (χ4n) is 2.97. The van der Waals surface area contributed by atoms with E-state index in [-0.39, 0.29) is 0 Å². The van der Waals surface area contributed by atoms with Gasteiger partial charge < -0.3 is 0 Å². The molecular formula is C70H160. The molecule has 0 saturated carbocycles. The number of hydrogen-bond acceptors (Lipinski definition) is 0. The molecule has 0 aliphatic rings. The van der Waals surface area contributed by atoms with Gasteiger partial charge in [0.15, 0.2) is 0 Å². The van der Waals surface area contributed by atoms with Crippen molar-refractivity contribution in [1.82, 2.24) is 0 Å². The monoisotopic (exact) mass is 1000 g/mol. The van der Waals surface area contributed by atoms with E-state index in [1.54, 1.807) is 0 Å². The largest absolute Gasteiger partial charge is 0.0649 e. The first-order chi connectivity index (χ1) is 29.8. The standard InChI is InChI=1S/2C9H20.4C8H18.4C5H12/c2*1-7(2)9(5,6)8(3)4;4*1-6-8(4,5)7(2)3;4*1-5(2,3)4/h2*7-8H,1-6H3;4*7H,6H2,1-5H3;4*1-4H3. The Kier molecular flexibility index (Phi) is 54.5. The zero-order valence-corrected chi connectivity index (χ0v) is 60.4. The van der Waals surface area contributed by atoms with Crippen molar-refractivity contribution < 1.29 is 0 Å². The molecule has 0 N–H and O–H groups in total. The lowest BCUT2D eigenvalue weighted by atomic mass is 9.72. The van der Waals surface area contributed by atoms with Crippen LogP contribution in [0.5, 0.6) is 0 Å². The molecule has 0 heteroatoms. The summed E-state index contributed by atoms with van der Waals surface area (Å²) in [6, 6.07) is 0. The molecule has 0 saturated heterocycles. The Morgan fingerprint density at radius 3 is 0.243 bits per heavy atom. The summed E-state index contributed by atoms with van der Waals surface area (Å²) in [4.78, 5) is 0. The highest BCUT2D eigenvalue weighted by Gasteiger charge is 2.26. The van der Waals surface area contributed by atoms with Gasteiger partial charge in [-0.1, -0.05) is 358 Å². The van der Waals surface area contributed by atoms with Crippen molar-refractivity contribution in [2.75, 3.05) is 0 Å².